The van der Waals surface area contributed by atoms with E-state index in [4.69, 9.17) is 9.47 Å². The summed E-state index contributed by atoms with van der Waals surface area (Å²) in [6.45, 7) is 4.39. The minimum Gasteiger partial charge on any atom is -0.493 e. The van der Waals surface area contributed by atoms with Gasteiger partial charge in [-0.1, -0.05) is 6.07 Å². The molecule has 124 valence electrons. The van der Waals surface area contributed by atoms with Gasteiger partial charge in [0.15, 0.2) is 11.5 Å². The molecule has 0 aliphatic heterocycles. The summed E-state index contributed by atoms with van der Waals surface area (Å²) >= 11 is 0. The minimum atomic E-state index is 0.00711. The number of aryl methyl sites for hydroxylation is 1. The number of aromatic amines is 1. The Morgan fingerprint density at radius 3 is 2.78 bits per heavy atom. The van der Waals surface area contributed by atoms with E-state index < -0.39 is 0 Å². The van der Waals surface area contributed by atoms with Crippen LogP contribution in [-0.2, 0) is 17.8 Å². The first kappa shape index (κ1) is 16.9. The van der Waals surface area contributed by atoms with Crippen molar-refractivity contribution in [1.29, 1.82) is 0 Å². The van der Waals surface area contributed by atoms with Crippen molar-refractivity contribution in [2.24, 2.45) is 0 Å². The Kier molecular flexibility index (Phi) is 6.02. The number of hydrogen-bond donors (Lipinski definition) is 2. The number of nitrogens with zero attached hydrogens (tertiary/aromatic N) is 1. The van der Waals surface area contributed by atoms with Crippen LogP contribution in [0.25, 0.3) is 0 Å². The third-order valence-corrected chi connectivity index (χ3v) is 3.28. The van der Waals surface area contributed by atoms with Crippen molar-refractivity contribution < 1.29 is 14.3 Å². The minimum absolute atomic E-state index is 0.00711. The molecular weight excluding hydrogens is 294 g/mol. The van der Waals surface area contributed by atoms with Crippen LogP contribution in [0.2, 0.25) is 0 Å². The molecule has 0 spiro atoms. The van der Waals surface area contributed by atoms with E-state index in [9.17, 15) is 4.79 Å². The van der Waals surface area contributed by atoms with Crippen molar-refractivity contribution in [2.45, 2.75) is 39.3 Å². The molecule has 1 aromatic carbocycles. The number of ether oxygens (including phenoxy) is 2. The van der Waals surface area contributed by atoms with Crippen LogP contribution in [-0.4, -0.2) is 29.3 Å². The summed E-state index contributed by atoms with van der Waals surface area (Å²) in [6.07, 6.45) is 4.72. The number of H-pyrrole nitrogens is 1. The molecule has 0 radical (unpaired) electrons. The number of carbonyl (C=O) groups is 1. The highest BCUT2D eigenvalue weighted by molar-refractivity contribution is 5.76. The highest BCUT2D eigenvalue weighted by atomic mass is 16.5. The molecule has 0 saturated carbocycles. The summed E-state index contributed by atoms with van der Waals surface area (Å²) in [5.41, 5.74) is 1.99. The quantitative estimate of drug-likeness (QED) is 0.784. The summed E-state index contributed by atoms with van der Waals surface area (Å²) < 4.78 is 11.0. The summed E-state index contributed by atoms with van der Waals surface area (Å²) in [5.74, 6) is 1.38. The molecule has 1 aromatic heterocycles. The average Bonchev–Trinajstić information content (AvgIpc) is 3.04. The second-order valence-corrected chi connectivity index (χ2v) is 5.54. The molecule has 6 nitrogen and oxygen atoms in total. The van der Waals surface area contributed by atoms with Crippen LogP contribution in [0.1, 0.15) is 31.4 Å². The normalized spacial score (nSPS) is 10.6. The number of benzene rings is 1. The molecule has 2 rings (SSSR count). The smallest absolute Gasteiger partial charge is 0.220 e. The molecule has 0 aliphatic rings. The molecule has 2 N–H and O–H groups in total. The molecule has 0 fully saturated rings. The van der Waals surface area contributed by atoms with Gasteiger partial charge < -0.3 is 14.8 Å². The van der Waals surface area contributed by atoms with Crippen molar-refractivity contribution in [3.8, 4) is 11.5 Å². The second kappa shape index (κ2) is 8.22. The van der Waals surface area contributed by atoms with Crippen molar-refractivity contribution in [1.82, 2.24) is 15.5 Å². The first-order valence-electron chi connectivity index (χ1n) is 7.66. The first-order chi connectivity index (χ1) is 11.1. The Labute approximate surface area is 136 Å². The highest BCUT2D eigenvalue weighted by Gasteiger charge is 2.08. The van der Waals surface area contributed by atoms with E-state index in [0.717, 1.165) is 11.1 Å². The lowest BCUT2D eigenvalue weighted by atomic mass is 10.1. The largest absolute Gasteiger partial charge is 0.493 e. The van der Waals surface area contributed by atoms with Crippen LogP contribution in [0.4, 0.5) is 0 Å². The fourth-order valence-electron chi connectivity index (χ4n) is 2.13. The molecule has 0 bridgehead atoms. The monoisotopic (exact) mass is 317 g/mol. The number of carbonyl (C=O) groups excluding carboxylic acids is 1. The Bertz CT molecular complexity index is 624. The molecule has 23 heavy (non-hydrogen) atoms. The van der Waals surface area contributed by atoms with Crippen LogP contribution < -0.4 is 14.8 Å². The van der Waals surface area contributed by atoms with E-state index in [1.165, 1.54) is 0 Å². The lowest BCUT2D eigenvalue weighted by Crippen LogP contribution is -2.23. The highest BCUT2D eigenvalue weighted by Crippen LogP contribution is 2.28. The summed E-state index contributed by atoms with van der Waals surface area (Å²) in [5, 5.41) is 9.50. The van der Waals surface area contributed by atoms with Gasteiger partial charge >= 0.3 is 0 Å². The predicted molar refractivity (Wildman–Crippen MR) is 87.5 cm³/mol. The fraction of sp³-hybridized carbons (Fsp3) is 0.412. The van der Waals surface area contributed by atoms with E-state index in [-0.39, 0.29) is 12.0 Å². The Balaban J connectivity index is 1.86. The molecule has 0 saturated heterocycles. The number of methoxy groups -OCH3 is 1. The third-order valence-electron chi connectivity index (χ3n) is 3.28. The Hall–Kier alpha value is -2.50. The number of rotatable bonds is 8. The number of hydrogen-bond acceptors (Lipinski definition) is 4. The van der Waals surface area contributed by atoms with Crippen molar-refractivity contribution in [3.63, 3.8) is 0 Å². The van der Waals surface area contributed by atoms with E-state index in [2.05, 4.69) is 15.5 Å². The maximum Gasteiger partial charge on any atom is 0.220 e. The zero-order valence-electron chi connectivity index (χ0n) is 13.8. The predicted octanol–water partition coefficient (Wildman–Crippen LogP) is 2.45. The number of aromatic nitrogens is 2. The first-order valence-corrected chi connectivity index (χ1v) is 7.66. The number of amides is 1. The molecular formula is C17H23N3O3. The standard InChI is InChI=1S/C17H23N3O3/c1-12(2)23-15-6-4-13(8-16(15)22-3)9-18-17(21)7-5-14-10-19-20-11-14/h4,6,8,10-12H,5,7,9H2,1-3H3,(H,18,21)(H,19,20). The van der Waals surface area contributed by atoms with Crippen LogP contribution >= 0.6 is 0 Å². The maximum atomic E-state index is 11.9. The van der Waals surface area contributed by atoms with Crippen molar-refractivity contribution >= 4 is 5.91 Å². The van der Waals surface area contributed by atoms with E-state index in [1.807, 2.05) is 32.0 Å². The lowest BCUT2D eigenvalue weighted by Gasteiger charge is -2.14. The second-order valence-electron chi connectivity index (χ2n) is 5.54. The maximum absolute atomic E-state index is 11.9. The SMILES string of the molecule is COc1cc(CNC(=O)CCc2cn[nH]c2)ccc1OC(C)C. The zero-order chi connectivity index (χ0) is 16.7. The Morgan fingerprint density at radius 1 is 1.30 bits per heavy atom. The topological polar surface area (TPSA) is 76.2 Å². The van der Waals surface area contributed by atoms with Gasteiger partial charge in [0, 0.05) is 19.2 Å². The summed E-state index contributed by atoms with van der Waals surface area (Å²) in [6, 6.07) is 5.68. The lowest BCUT2D eigenvalue weighted by molar-refractivity contribution is -0.121. The van der Waals surface area contributed by atoms with Gasteiger partial charge in [0.05, 0.1) is 19.4 Å². The van der Waals surface area contributed by atoms with Crippen LogP contribution in [0.5, 0.6) is 11.5 Å². The van der Waals surface area contributed by atoms with Crippen molar-refractivity contribution in [2.75, 3.05) is 7.11 Å². The molecule has 0 aliphatic carbocycles. The molecule has 6 heteroatoms. The Morgan fingerprint density at radius 2 is 2.13 bits per heavy atom. The van der Waals surface area contributed by atoms with Gasteiger partial charge in [0.1, 0.15) is 0 Å². The van der Waals surface area contributed by atoms with Gasteiger partial charge in [-0.2, -0.15) is 5.10 Å². The van der Waals surface area contributed by atoms with Gasteiger partial charge in [-0.25, -0.2) is 0 Å². The van der Waals surface area contributed by atoms with Crippen LogP contribution in [0.3, 0.4) is 0 Å². The van der Waals surface area contributed by atoms with Crippen LogP contribution in [0.15, 0.2) is 30.6 Å². The number of nitrogens with one attached hydrogen (secondary N) is 2. The van der Waals surface area contributed by atoms with Gasteiger partial charge in [0.2, 0.25) is 5.91 Å². The summed E-state index contributed by atoms with van der Waals surface area (Å²) in [7, 11) is 1.61. The molecule has 0 unspecified atom stereocenters. The molecule has 0 atom stereocenters. The van der Waals surface area contributed by atoms with Crippen molar-refractivity contribution in [3.05, 3.63) is 41.7 Å². The van der Waals surface area contributed by atoms with Gasteiger partial charge in [-0.05, 0) is 43.5 Å². The zero-order valence-corrected chi connectivity index (χ0v) is 13.8. The van der Waals surface area contributed by atoms with E-state index in [0.29, 0.717) is 30.9 Å². The molecule has 1 amide bonds. The van der Waals surface area contributed by atoms with Crippen LogP contribution in [0, 0.1) is 0 Å². The van der Waals surface area contributed by atoms with Gasteiger partial charge in [-0.15, -0.1) is 0 Å². The molecule has 2 aromatic rings. The van der Waals surface area contributed by atoms with Gasteiger partial charge in [-0.3, -0.25) is 9.89 Å². The van der Waals surface area contributed by atoms with Gasteiger partial charge in [0.25, 0.3) is 0 Å². The third kappa shape index (κ3) is 5.32. The fourth-order valence-corrected chi connectivity index (χ4v) is 2.13. The van der Waals surface area contributed by atoms with E-state index >= 15 is 0 Å². The molecule has 1 heterocycles. The average molecular weight is 317 g/mol. The summed E-state index contributed by atoms with van der Waals surface area (Å²) in [4.78, 5) is 11.9. The van der Waals surface area contributed by atoms with E-state index in [1.54, 1.807) is 19.5 Å².